The predicted molar refractivity (Wildman–Crippen MR) is 70.7 cm³/mol. The molecule has 1 rings (SSSR count). The Morgan fingerprint density at radius 1 is 1.33 bits per heavy atom. The third kappa shape index (κ3) is 3.87. The summed E-state index contributed by atoms with van der Waals surface area (Å²) in [6.45, 7) is 2.00. The maximum atomic E-state index is 12.8. The van der Waals surface area contributed by atoms with E-state index in [2.05, 4.69) is 12.2 Å². The first-order valence-electron chi connectivity index (χ1n) is 5.52. The van der Waals surface area contributed by atoms with Crippen LogP contribution in [0.1, 0.15) is 6.92 Å². The van der Waals surface area contributed by atoms with E-state index in [4.69, 9.17) is 5.73 Å². The van der Waals surface area contributed by atoms with Crippen LogP contribution in [0, 0.1) is 5.92 Å². The van der Waals surface area contributed by atoms with Gasteiger partial charge in [-0.15, -0.1) is 0 Å². The molecule has 0 aliphatic heterocycles. The number of nitrogens with zero attached hydrogens (tertiary/aromatic N) is 1. The molecule has 1 aromatic carbocycles. The molecule has 1 atom stereocenters. The van der Waals surface area contributed by atoms with Crippen LogP contribution in [0.4, 0.5) is 18.9 Å². The average Bonchev–Trinajstić information content (AvgIpc) is 2.29. The molecule has 0 saturated heterocycles. The van der Waals surface area contributed by atoms with Gasteiger partial charge in [-0.3, -0.25) is 0 Å². The number of hydrogen-bond acceptors (Lipinski definition) is 2. The predicted octanol–water partition coefficient (Wildman–Crippen LogP) is 2.98. The van der Waals surface area contributed by atoms with Crippen molar-refractivity contribution < 1.29 is 13.2 Å². The van der Waals surface area contributed by atoms with E-state index in [0.29, 0.717) is 6.54 Å². The number of hydrogen-bond donors (Lipinski definition) is 1. The quantitative estimate of drug-likeness (QED) is 0.838. The van der Waals surface area contributed by atoms with E-state index >= 15 is 0 Å². The van der Waals surface area contributed by atoms with E-state index in [9.17, 15) is 13.2 Å². The van der Waals surface area contributed by atoms with Crippen molar-refractivity contribution in [2.24, 2.45) is 11.7 Å². The van der Waals surface area contributed by atoms with E-state index in [1.165, 1.54) is 0 Å². The van der Waals surface area contributed by atoms with E-state index in [0.717, 1.165) is 5.69 Å². The molecule has 18 heavy (non-hydrogen) atoms. The van der Waals surface area contributed by atoms with Crippen molar-refractivity contribution in [3.05, 3.63) is 30.3 Å². The number of alkyl halides is 3. The highest BCUT2D eigenvalue weighted by molar-refractivity contribution is 7.80. The number of para-hydroxylation sites is 1. The lowest BCUT2D eigenvalue weighted by atomic mass is 10.1. The fourth-order valence-corrected chi connectivity index (χ4v) is 1.84. The minimum atomic E-state index is -4.41. The number of nitrogens with two attached hydrogens (primary N) is 1. The highest BCUT2D eigenvalue weighted by atomic mass is 32.1. The number of benzene rings is 1. The average molecular weight is 276 g/mol. The Hall–Kier alpha value is -1.30. The van der Waals surface area contributed by atoms with Gasteiger partial charge in [-0.1, -0.05) is 30.4 Å². The fraction of sp³-hybridized carbons (Fsp3) is 0.417. The van der Waals surface area contributed by atoms with E-state index in [-0.39, 0.29) is 6.54 Å². The first-order chi connectivity index (χ1) is 8.36. The van der Waals surface area contributed by atoms with Crippen molar-refractivity contribution in [3.63, 3.8) is 0 Å². The molecule has 0 heterocycles. The van der Waals surface area contributed by atoms with Crippen LogP contribution in [0.5, 0.6) is 0 Å². The molecule has 2 N–H and O–H groups in total. The molecule has 0 aromatic heterocycles. The van der Waals surface area contributed by atoms with Gasteiger partial charge in [0.05, 0.1) is 4.99 Å². The summed E-state index contributed by atoms with van der Waals surface area (Å²) in [6.07, 6.45) is -4.41. The Morgan fingerprint density at radius 3 is 2.28 bits per heavy atom. The summed E-state index contributed by atoms with van der Waals surface area (Å²) in [5.74, 6) is -1.78. The maximum absolute atomic E-state index is 12.8. The van der Waals surface area contributed by atoms with Crippen LogP contribution < -0.4 is 10.6 Å². The maximum Gasteiger partial charge on any atom is 0.399 e. The van der Waals surface area contributed by atoms with Crippen LogP contribution in [0.15, 0.2) is 30.3 Å². The minimum Gasteiger partial charge on any atom is -0.393 e. The standard InChI is InChI=1S/C12H15F3N2S/c1-2-17(9-6-4-3-5-7-9)8-10(11(16)18)12(13,14)15/h3-7,10H,2,8H2,1H3,(H2,16,18). The molecule has 0 radical (unpaired) electrons. The molecule has 0 saturated carbocycles. The summed E-state index contributed by atoms with van der Waals surface area (Å²) in [7, 11) is 0. The van der Waals surface area contributed by atoms with Crippen LogP contribution in [0.25, 0.3) is 0 Å². The van der Waals surface area contributed by atoms with Crippen LogP contribution in [0.2, 0.25) is 0 Å². The Bertz CT molecular complexity index is 392. The summed E-state index contributed by atoms with van der Waals surface area (Å²) < 4.78 is 38.4. The van der Waals surface area contributed by atoms with Gasteiger partial charge in [0, 0.05) is 18.8 Å². The smallest absolute Gasteiger partial charge is 0.393 e. The van der Waals surface area contributed by atoms with Gasteiger partial charge in [0.1, 0.15) is 5.92 Å². The molecular weight excluding hydrogens is 261 g/mol. The molecule has 0 aliphatic rings. The molecule has 0 fully saturated rings. The zero-order valence-corrected chi connectivity index (χ0v) is 10.8. The normalized spacial score (nSPS) is 13.1. The van der Waals surface area contributed by atoms with Crippen molar-refractivity contribution in [2.45, 2.75) is 13.1 Å². The molecule has 100 valence electrons. The largest absolute Gasteiger partial charge is 0.399 e. The zero-order chi connectivity index (χ0) is 13.8. The lowest BCUT2D eigenvalue weighted by molar-refractivity contribution is -0.152. The van der Waals surface area contributed by atoms with Crippen molar-refractivity contribution in [2.75, 3.05) is 18.0 Å². The first-order valence-corrected chi connectivity index (χ1v) is 5.93. The third-order valence-corrected chi connectivity index (χ3v) is 2.93. The number of anilines is 1. The molecule has 2 nitrogen and oxygen atoms in total. The van der Waals surface area contributed by atoms with Gasteiger partial charge in [0.25, 0.3) is 0 Å². The topological polar surface area (TPSA) is 29.3 Å². The Morgan fingerprint density at radius 2 is 1.89 bits per heavy atom. The van der Waals surface area contributed by atoms with Crippen molar-refractivity contribution in [1.29, 1.82) is 0 Å². The van der Waals surface area contributed by atoms with Gasteiger partial charge in [-0.05, 0) is 19.1 Å². The van der Waals surface area contributed by atoms with Gasteiger partial charge >= 0.3 is 6.18 Å². The Labute approximate surface area is 110 Å². The SMILES string of the molecule is CCN(CC(C(N)=S)C(F)(F)F)c1ccccc1. The molecule has 1 unspecified atom stereocenters. The number of thiocarbonyl (C=S) groups is 1. The van der Waals surface area contributed by atoms with Gasteiger partial charge < -0.3 is 10.6 Å². The van der Waals surface area contributed by atoms with Crippen molar-refractivity contribution in [3.8, 4) is 0 Å². The molecule has 0 bridgehead atoms. The monoisotopic (exact) mass is 276 g/mol. The van der Waals surface area contributed by atoms with Gasteiger partial charge in [0.15, 0.2) is 0 Å². The summed E-state index contributed by atoms with van der Waals surface area (Å²) in [5, 5.41) is 0. The highest BCUT2D eigenvalue weighted by Gasteiger charge is 2.42. The van der Waals surface area contributed by atoms with Gasteiger partial charge in [0.2, 0.25) is 0 Å². The van der Waals surface area contributed by atoms with E-state index in [1.54, 1.807) is 36.1 Å². The molecule has 1 aromatic rings. The first kappa shape index (κ1) is 14.8. The zero-order valence-electron chi connectivity index (χ0n) is 9.95. The van der Waals surface area contributed by atoms with E-state index < -0.39 is 17.1 Å². The summed E-state index contributed by atoms with van der Waals surface area (Å²) in [6, 6.07) is 8.89. The van der Waals surface area contributed by atoms with Gasteiger partial charge in [-0.25, -0.2) is 0 Å². The molecule has 0 aliphatic carbocycles. The van der Waals surface area contributed by atoms with Crippen molar-refractivity contribution in [1.82, 2.24) is 0 Å². The van der Waals surface area contributed by atoms with E-state index in [1.807, 2.05) is 6.07 Å². The number of halogens is 3. The second kappa shape index (κ2) is 6.04. The highest BCUT2D eigenvalue weighted by Crippen LogP contribution is 2.28. The van der Waals surface area contributed by atoms with Crippen LogP contribution in [-0.2, 0) is 0 Å². The van der Waals surface area contributed by atoms with Crippen LogP contribution in [0.3, 0.4) is 0 Å². The number of rotatable bonds is 5. The molecule has 6 heteroatoms. The summed E-state index contributed by atoms with van der Waals surface area (Å²) in [5.41, 5.74) is 5.92. The van der Waals surface area contributed by atoms with Crippen molar-refractivity contribution >= 4 is 22.9 Å². The second-order valence-corrected chi connectivity index (χ2v) is 4.34. The molecule has 0 amide bonds. The van der Waals surface area contributed by atoms with Gasteiger partial charge in [-0.2, -0.15) is 13.2 Å². The van der Waals surface area contributed by atoms with Crippen LogP contribution in [-0.4, -0.2) is 24.3 Å². The summed E-state index contributed by atoms with van der Waals surface area (Å²) >= 11 is 4.51. The molecule has 0 spiro atoms. The minimum absolute atomic E-state index is 0.251. The Balaban J connectivity index is 2.88. The third-order valence-electron chi connectivity index (χ3n) is 2.64. The lowest BCUT2D eigenvalue weighted by Gasteiger charge is -2.29. The molecular formula is C12H15F3N2S. The van der Waals surface area contributed by atoms with Crippen LogP contribution >= 0.6 is 12.2 Å². The summed E-state index contributed by atoms with van der Waals surface area (Å²) in [4.78, 5) is 1.09. The lowest BCUT2D eigenvalue weighted by Crippen LogP contribution is -2.43. The Kier molecular flexibility index (Phi) is 4.95. The fourth-order valence-electron chi connectivity index (χ4n) is 1.63. The second-order valence-electron chi connectivity index (χ2n) is 3.87.